The van der Waals surface area contributed by atoms with Gasteiger partial charge in [-0.05, 0) is 42.8 Å². The van der Waals surface area contributed by atoms with Crippen molar-refractivity contribution >= 4 is 40.1 Å². The number of urea groups is 1. The molecule has 1 saturated heterocycles. The number of nitrogens with zero attached hydrogens (tertiary/aromatic N) is 2. The Kier molecular flexibility index (Phi) is 4.60. The Bertz CT molecular complexity index is 1110. The molecule has 2 heterocycles. The molecule has 3 amide bonds. The predicted molar refractivity (Wildman–Crippen MR) is 103 cm³/mol. The van der Waals surface area contributed by atoms with Crippen molar-refractivity contribution in [1.82, 2.24) is 10.3 Å². The summed E-state index contributed by atoms with van der Waals surface area (Å²) in [6.07, 6.45) is 2.00. The van der Waals surface area contributed by atoms with E-state index in [1.165, 1.54) is 12.1 Å². The van der Waals surface area contributed by atoms with Gasteiger partial charge in [-0.1, -0.05) is 18.5 Å². The number of amides is 3. The smallest absolute Gasteiger partial charge is 0.329 e. The Balaban J connectivity index is 1.65. The van der Waals surface area contributed by atoms with E-state index in [-0.39, 0.29) is 11.4 Å². The third kappa shape index (κ3) is 3.14. The van der Waals surface area contributed by atoms with Gasteiger partial charge in [-0.25, -0.2) is 14.1 Å². The third-order valence-electron chi connectivity index (χ3n) is 4.49. The fourth-order valence-electron chi connectivity index (χ4n) is 3.07. The van der Waals surface area contributed by atoms with Crippen LogP contribution >= 0.6 is 11.6 Å². The first kappa shape index (κ1) is 18.2. The summed E-state index contributed by atoms with van der Waals surface area (Å²) in [6.45, 7) is 1.79. The quantitative estimate of drug-likeness (QED) is 0.648. The maximum atomic E-state index is 14.7. The number of hydrogen-bond acceptors (Lipinski definition) is 4. The lowest BCUT2D eigenvalue weighted by molar-refractivity contribution is -0.118. The first-order valence-corrected chi connectivity index (χ1v) is 9.02. The minimum atomic E-state index is -0.697. The lowest BCUT2D eigenvalue weighted by Gasteiger charge is -2.15. The number of rotatable bonds is 4. The van der Waals surface area contributed by atoms with E-state index in [1.807, 2.05) is 0 Å². The van der Waals surface area contributed by atoms with Crippen molar-refractivity contribution in [3.63, 3.8) is 0 Å². The molecule has 4 rings (SSSR count). The van der Waals surface area contributed by atoms with Gasteiger partial charge in [-0.3, -0.25) is 9.78 Å². The highest BCUT2D eigenvalue weighted by Gasteiger charge is 2.38. The summed E-state index contributed by atoms with van der Waals surface area (Å²) >= 11 is 5.97. The van der Waals surface area contributed by atoms with Crippen LogP contribution in [0.25, 0.3) is 10.9 Å². The van der Waals surface area contributed by atoms with Crippen molar-refractivity contribution in [2.75, 3.05) is 4.90 Å². The summed E-state index contributed by atoms with van der Waals surface area (Å²) < 4.78 is 20.4. The zero-order valence-electron chi connectivity index (χ0n) is 14.8. The monoisotopic (exact) mass is 399 g/mol. The Labute approximate surface area is 164 Å². The third-order valence-corrected chi connectivity index (χ3v) is 4.72. The normalized spacial score (nSPS) is 16.5. The number of pyridine rings is 1. The molecular formula is C20H15ClFN3O3. The van der Waals surface area contributed by atoms with E-state index >= 15 is 0 Å². The molecule has 1 aliphatic rings. The molecule has 2 aromatic carbocycles. The maximum absolute atomic E-state index is 14.7. The molecule has 28 heavy (non-hydrogen) atoms. The summed E-state index contributed by atoms with van der Waals surface area (Å²) in [7, 11) is 0. The van der Waals surface area contributed by atoms with Gasteiger partial charge in [-0.2, -0.15) is 0 Å². The van der Waals surface area contributed by atoms with E-state index in [0.717, 1.165) is 11.0 Å². The van der Waals surface area contributed by atoms with E-state index < -0.39 is 23.8 Å². The number of nitrogens with one attached hydrogen (secondary N) is 1. The summed E-state index contributed by atoms with van der Waals surface area (Å²) in [5.74, 6) is -0.728. The van der Waals surface area contributed by atoms with Gasteiger partial charge in [0.05, 0.1) is 11.2 Å². The van der Waals surface area contributed by atoms with Crippen molar-refractivity contribution in [2.45, 2.75) is 19.4 Å². The van der Waals surface area contributed by atoms with Gasteiger partial charge >= 0.3 is 6.03 Å². The number of hydrogen-bond donors (Lipinski definition) is 1. The fourth-order valence-corrected chi connectivity index (χ4v) is 3.23. The molecule has 142 valence electrons. The summed E-state index contributed by atoms with van der Waals surface area (Å²) in [6, 6.07) is 9.52. The van der Waals surface area contributed by atoms with Crippen molar-refractivity contribution < 1.29 is 18.7 Å². The van der Waals surface area contributed by atoms with Gasteiger partial charge in [0, 0.05) is 22.7 Å². The SMILES string of the molecule is CC[C@@H]1NC(=O)N(c2ccc(Oc3ccnc4cc(Cl)ccc34)c(F)c2)C1=O. The molecule has 8 heteroatoms. The molecule has 3 aromatic rings. The second-order valence-electron chi connectivity index (χ2n) is 6.27. The number of benzene rings is 2. The van der Waals surface area contributed by atoms with Crippen LogP contribution in [0.5, 0.6) is 11.5 Å². The molecule has 1 fully saturated rings. The molecule has 1 atom stereocenters. The zero-order chi connectivity index (χ0) is 19.8. The summed E-state index contributed by atoms with van der Waals surface area (Å²) in [5.41, 5.74) is 0.765. The second kappa shape index (κ2) is 7.09. The van der Waals surface area contributed by atoms with Crippen LogP contribution in [0.3, 0.4) is 0 Å². The molecule has 1 aliphatic heterocycles. The van der Waals surface area contributed by atoms with Crippen LogP contribution in [0.1, 0.15) is 13.3 Å². The summed E-state index contributed by atoms with van der Waals surface area (Å²) in [4.78, 5) is 29.5. The first-order chi connectivity index (χ1) is 13.5. The second-order valence-corrected chi connectivity index (χ2v) is 6.71. The topological polar surface area (TPSA) is 71.5 Å². The minimum Gasteiger partial charge on any atom is -0.454 e. The molecule has 0 saturated carbocycles. The largest absolute Gasteiger partial charge is 0.454 e. The van der Waals surface area contributed by atoms with Crippen LogP contribution in [-0.4, -0.2) is 23.0 Å². The fraction of sp³-hybridized carbons (Fsp3) is 0.150. The van der Waals surface area contributed by atoms with Crippen LogP contribution in [0.2, 0.25) is 5.02 Å². The molecule has 6 nitrogen and oxygen atoms in total. The van der Waals surface area contributed by atoms with E-state index in [0.29, 0.717) is 28.1 Å². The first-order valence-electron chi connectivity index (χ1n) is 8.64. The van der Waals surface area contributed by atoms with Crippen molar-refractivity contribution in [3.8, 4) is 11.5 Å². The number of anilines is 1. The summed E-state index contributed by atoms with van der Waals surface area (Å²) in [5, 5.41) is 3.78. The molecule has 0 bridgehead atoms. The minimum absolute atomic E-state index is 0.0368. The zero-order valence-corrected chi connectivity index (χ0v) is 15.5. The van der Waals surface area contributed by atoms with E-state index in [4.69, 9.17) is 16.3 Å². The Morgan fingerprint density at radius 3 is 2.71 bits per heavy atom. The Morgan fingerprint density at radius 1 is 1.18 bits per heavy atom. The maximum Gasteiger partial charge on any atom is 0.329 e. The highest BCUT2D eigenvalue weighted by atomic mass is 35.5. The molecule has 0 radical (unpaired) electrons. The lowest BCUT2D eigenvalue weighted by atomic mass is 10.2. The molecule has 0 spiro atoms. The number of aromatic nitrogens is 1. The average molecular weight is 400 g/mol. The van der Waals surface area contributed by atoms with Crippen LogP contribution in [0, 0.1) is 5.82 Å². The van der Waals surface area contributed by atoms with Crippen LogP contribution in [0.4, 0.5) is 14.9 Å². The van der Waals surface area contributed by atoms with Crippen LogP contribution in [0.15, 0.2) is 48.7 Å². The van der Waals surface area contributed by atoms with E-state index in [1.54, 1.807) is 37.4 Å². The van der Waals surface area contributed by atoms with Crippen LogP contribution < -0.4 is 15.0 Å². The number of carbonyl (C=O) groups excluding carboxylic acids is 2. The number of ether oxygens (including phenoxy) is 1. The molecule has 0 unspecified atom stereocenters. The molecule has 1 N–H and O–H groups in total. The lowest BCUT2D eigenvalue weighted by Crippen LogP contribution is -2.31. The number of halogens is 2. The van der Waals surface area contributed by atoms with E-state index in [2.05, 4.69) is 10.3 Å². The highest BCUT2D eigenvalue weighted by Crippen LogP contribution is 2.33. The van der Waals surface area contributed by atoms with E-state index in [9.17, 15) is 14.0 Å². The van der Waals surface area contributed by atoms with Gasteiger partial charge in [-0.15, -0.1) is 0 Å². The van der Waals surface area contributed by atoms with Gasteiger partial charge in [0.1, 0.15) is 11.8 Å². The van der Waals surface area contributed by atoms with Gasteiger partial charge in [0.2, 0.25) is 0 Å². The molecular weight excluding hydrogens is 385 g/mol. The molecule has 1 aromatic heterocycles. The number of imide groups is 1. The van der Waals surface area contributed by atoms with Gasteiger partial charge < -0.3 is 10.1 Å². The van der Waals surface area contributed by atoms with Crippen molar-refractivity contribution in [2.24, 2.45) is 0 Å². The van der Waals surface area contributed by atoms with Crippen molar-refractivity contribution in [3.05, 3.63) is 59.5 Å². The standard InChI is InChI=1S/C20H15ClFN3O3/c1-2-15-19(26)25(20(27)24-15)12-4-6-18(14(22)10-12)28-17-7-8-23-16-9-11(21)3-5-13(16)17/h3-10,15H,2H2,1H3,(H,24,27)/t15-/m0/s1. The molecule has 0 aliphatic carbocycles. The van der Waals surface area contributed by atoms with Crippen molar-refractivity contribution in [1.29, 1.82) is 0 Å². The number of carbonyl (C=O) groups is 2. The van der Waals surface area contributed by atoms with Gasteiger partial charge in [0.15, 0.2) is 11.6 Å². The highest BCUT2D eigenvalue weighted by molar-refractivity contribution is 6.31. The predicted octanol–water partition coefficient (Wildman–Crippen LogP) is 4.65. The van der Waals surface area contributed by atoms with Crippen LogP contribution in [-0.2, 0) is 4.79 Å². The average Bonchev–Trinajstić information content (AvgIpc) is 2.96. The Hall–Kier alpha value is -3.19. The van der Waals surface area contributed by atoms with Gasteiger partial charge in [0.25, 0.3) is 5.91 Å². The Morgan fingerprint density at radius 2 is 2.00 bits per heavy atom. The number of fused-ring (bicyclic) bond motifs is 1.